The van der Waals surface area contributed by atoms with Gasteiger partial charge in [0, 0.05) is 32.1 Å². The number of halogens is 2. The van der Waals surface area contributed by atoms with Gasteiger partial charge in [0.1, 0.15) is 0 Å². The molecule has 2 aromatic rings. The first-order chi connectivity index (χ1) is 10.6. The summed E-state index contributed by atoms with van der Waals surface area (Å²) in [4.78, 5) is 18.5. The van der Waals surface area contributed by atoms with Gasteiger partial charge in [-0.05, 0) is 25.0 Å². The molecule has 1 fully saturated rings. The second-order valence-electron chi connectivity index (χ2n) is 6.09. The zero-order chi connectivity index (χ0) is 15.7. The molecule has 1 aliphatic carbocycles. The number of aromatic nitrogens is 2. The summed E-state index contributed by atoms with van der Waals surface area (Å²) < 4.78 is 2.05. The van der Waals surface area contributed by atoms with Gasteiger partial charge in [-0.3, -0.25) is 4.79 Å². The number of hydrogen-bond acceptors (Lipinski definition) is 4. The van der Waals surface area contributed by atoms with Crippen molar-refractivity contribution in [2.24, 2.45) is 11.7 Å². The van der Waals surface area contributed by atoms with E-state index in [1.54, 1.807) is 18.3 Å². The number of fused-ring (bicyclic) bond motifs is 1. The zero-order valence-corrected chi connectivity index (χ0v) is 15.2. The van der Waals surface area contributed by atoms with Crippen LogP contribution >= 0.6 is 24.8 Å². The van der Waals surface area contributed by atoms with Gasteiger partial charge in [-0.2, -0.15) is 0 Å². The number of para-hydroxylation sites is 2. The molecule has 1 saturated carbocycles. The molecule has 1 aromatic carbocycles. The number of carbonyl (C=O) groups excluding carboxylic acids is 1. The quantitative estimate of drug-likeness (QED) is 0.847. The van der Waals surface area contributed by atoms with Gasteiger partial charge in [0.25, 0.3) is 0 Å². The lowest BCUT2D eigenvalue weighted by Crippen LogP contribution is -2.34. The molecule has 0 spiro atoms. The minimum Gasteiger partial charge on any atom is -0.391 e. The lowest BCUT2D eigenvalue weighted by Gasteiger charge is -2.21. The number of nitrogens with zero attached hydrogens (tertiary/aromatic N) is 3. The average Bonchev–Trinajstić information content (AvgIpc) is 3.08. The van der Waals surface area contributed by atoms with Crippen LogP contribution in [0.5, 0.6) is 0 Å². The smallest absolute Gasteiger partial charge is 0.225 e. The molecule has 6 nitrogen and oxygen atoms in total. The molecule has 24 heavy (non-hydrogen) atoms. The van der Waals surface area contributed by atoms with Crippen LogP contribution in [-0.4, -0.2) is 51.2 Å². The molecule has 0 radical (unpaired) electrons. The molecule has 134 valence electrons. The highest BCUT2D eigenvalue weighted by Crippen LogP contribution is 2.26. The van der Waals surface area contributed by atoms with Gasteiger partial charge in [0.15, 0.2) is 0 Å². The number of benzene rings is 1. The summed E-state index contributed by atoms with van der Waals surface area (Å²) in [6.45, 7) is 1.31. The Morgan fingerprint density at radius 3 is 2.75 bits per heavy atom. The number of aliphatic hydroxyl groups excluding tert-OH is 1. The Morgan fingerprint density at radius 2 is 2.08 bits per heavy atom. The molecule has 1 aliphatic rings. The summed E-state index contributed by atoms with van der Waals surface area (Å²) >= 11 is 0. The first kappa shape index (κ1) is 20.7. The Morgan fingerprint density at radius 1 is 1.38 bits per heavy atom. The number of nitrogens with two attached hydrogens (primary N) is 1. The summed E-state index contributed by atoms with van der Waals surface area (Å²) in [6.07, 6.45) is 2.29. The van der Waals surface area contributed by atoms with Gasteiger partial charge in [-0.1, -0.05) is 12.1 Å². The molecular formula is C16H24Cl2N4O2. The predicted molar refractivity (Wildman–Crippen MR) is 98.6 cm³/mol. The molecule has 0 bridgehead atoms. The Balaban J connectivity index is 0.00000144. The number of aliphatic hydroxyl groups is 1. The second-order valence-corrected chi connectivity index (χ2v) is 6.09. The van der Waals surface area contributed by atoms with Crippen molar-refractivity contribution in [2.75, 3.05) is 13.6 Å². The molecule has 3 rings (SSSR count). The van der Waals surface area contributed by atoms with Gasteiger partial charge >= 0.3 is 0 Å². The van der Waals surface area contributed by atoms with Gasteiger partial charge in [-0.15, -0.1) is 24.8 Å². The van der Waals surface area contributed by atoms with Gasteiger partial charge in [0.2, 0.25) is 5.91 Å². The molecule has 1 aromatic heterocycles. The lowest BCUT2D eigenvalue weighted by molar-refractivity contribution is -0.134. The van der Waals surface area contributed by atoms with Crippen LogP contribution in [0.15, 0.2) is 30.6 Å². The standard InChI is InChI=1S/C16H22N4O2.2ClH/c1-19(16(22)11-8-12(17)15(21)9-11)6-7-20-10-18-13-4-2-3-5-14(13)20;;/h2-5,10-12,15,21H,6-9,17H2,1H3;2*1H/t11-,12+,15+;;/m0../s1. The molecule has 8 heteroatoms. The van der Waals surface area contributed by atoms with Crippen molar-refractivity contribution in [3.8, 4) is 0 Å². The van der Waals surface area contributed by atoms with E-state index in [1.165, 1.54) is 0 Å². The second kappa shape index (κ2) is 8.67. The van der Waals surface area contributed by atoms with E-state index in [9.17, 15) is 9.90 Å². The maximum atomic E-state index is 12.4. The fraction of sp³-hybridized carbons (Fsp3) is 0.500. The average molecular weight is 375 g/mol. The molecule has 3 atom stereocenters. The topological polar surface area (TPSA) is 84.4 Å². The van der Waals surface area contributed by atoms with E-state index in [-0.39, 0.29) is 42.7 Å². The minimum atomic E-state index is -0.556. The number of hydrogen-bond donors (Lipinski definition) is 2. The summed E-state index contributed by atoms with van der Waals surface area (Å²) in [5, 5.41) is 9.69. The van der Waals surface area contributed by atoms with E-state index in [0.29, 0.717) is 25.9 Å². The zero-order valence-electron chi connectivity index (χ0n) is 13.5. The highest BCUT2D eigenvalue weighted by molar-refractivity contribution is 5.85. The Bertz CT molecular complexity index is 669. The fourth-order valence-corrected chi connectivity index (χ4v) is 3.12. The SMILES string of the molecule is CN(CCn1cnc2ccccc21)C(=O)[C@H]1C[C@@H](N)[C@H](O)C1.Cl.Cl. The third kappa shape index (κ3) is 4.19. The molecular weight excluding hydrogens is 351 g/mol. The number of rotatable bonds is 4. The van der Waals surface area contributed by atoms with Crippen LogP contribution in [-0.2, 0) is 11.3 Å². The normalized spacial score (nSPS) is 22.7. The van der Waals surface area contributed by atoms with Crippen LogP contribution in [0.1, 0.15) is 12.8 Å². The molecule has 0 aliphatic heterocycles. The molecule has 0 unspecified atom stereocenters. The third-order valence-corrected chi connectivity index (χ3v) is 4.51. The number of carbonyl (C=O) groups is 1. The highest BCUT2D eigenvalue weighted by atomic mass is 35.5. The van der Waals surface area contributed by atoms with Crippen LogP contribution in [0, 0.1) is 5.92 Å². The van der Waals surface area contributed by atoms with Crippen molar-refractivity contribution >= 4 is 41.8 Å². The first-order valence-electron chi connectivity index (χ1n) is 7.64. The van der Waals surface area contributed by atoms with Crippen LogP contribution in [0.4, 0.5) is 0 Å². The predicted octanol–water partition coefficient (Wildman–Crippen LogP) is 1.44. The number of likely N-dealkylation sites (N-methyl/N-ethyl adjacent to an activating group) is 1. The van der Waals surface area contributed by atoms with E-state index in [4.69, 9.17) is 5.73 Å². The van der Waals surface area contributed by atoms with E-state index in [2.05, 4.69) is 4.98 Å². The van der Waals surface area contributed by atoms with Gasteiger partial charge in [0.05, 0.1) is 23.5 Å². The number of amides is 1. The molecule has 3 N–H and O–H groups in total. The van der Waals surface area contributed by atoms with E-state index in [1.807, 2.05) is 28.8 Å². The first-order valence-corrected chi connectivity index (χ1v) is 7.64. The number of imidazole rings is 1. The van der Waals surface area contributed by atoms with Crippen LogP contribution in [0.3, 0.4) is 0 Å². The summed E-state index contributed by atoms with van der Waals surface area (Å²) in [7, 11) is 1.80. The van der Waals surface area contributed by atoms with E-state index >= 15 is 0 Å². The largest absolute Gasteiger partial charge is 0.391 e. The maximum absolute atomic E-state index is 12.4. The highest BCUT2D eigenvalue weighted by Gasteiger charge is 2.35. The minimum absolute atomic E-state index is 0. The van der Waals surface area contributed by atoms with Gasteiger partial charge < -0.3 is 20.3 Å². The van der Waals surface area contributed by atoms with E-state index in [0.717, 1.165) is 11.0 Å². The van der Waals surface area contributed by atoms with Crippen LogP contribution in [0.2, 0.25) is 0 Å². The van der Waals surface area contributed by atoms with Gasteiger partial charge in [-0.25, -0.2) is 4.98 Å². The van der Waals surface area contributed by atoms with Crippen molar-refractivity contribution in [1.29, 1.82) is 0 Å². The van der Waals surface area contributed by atoms with Crippen molar-refractivity contribution in [3.05, 3.63) is 30.6 Å². The molecule has 1 amide bonds. The van der Waals surface area contributed by atoms with Crippen LogP contribution < -0.4 is 5.73 Å². The van der Waals surface area contributed by atoms with Crippen molar-refractivity contribution in [1.82, 2.24) is 14.5 Å². The maximum Gasteiger partial charge on any atom is 0.225 e. The Labute approximate surface area is 153 Å². The van der Waals surface area contributed by atoms with Crippen molar-refractivity contribution in [2.45, 2.75) is 31.5 Å². The molecule has 1 heterocycles. The summed E-state index contributed by atoms with van der Waals surface area (Å²) in [5.41, 5.74) is 7.82. The Kier molecular flexibility index (Phi) is 7.48. The molecule has 0 saturated heterocycles. The summed E-state index contributed by atoms with van der Waals surface area (Å²) in [6, 6.07) is 7.67. The van der Waals surface area contributed by atoms with Crippen LogP contribution in [0.25, 0.3) is 11.0 Å². The summed E-state index contributed by atoms with van der Waals surface area (Å²) in [5.74, 6) is -0.0917. The van der Waals surface area contributed by atoms with E-state index < -0.39 is 6.10 Å². The Hall–Kier alpha value is -1.34. The van der Waals surface area contributed by atoms with Crippen molar-refractivity contribution in [3.63, 3.8) is 0 Å². The lowest BCUT2D eigenvalue weighted by atomic mass is 10.1. The monoisotopic (exact) mass is 374 g/mol. The third-order valence-electron chi connectivity index (χ3n) is 4.51. The fourth-order valence-electron chi connectivity index (χ4n) is 3.12. The van der Waals surface area contributed by atoms with Crippen molar-refractivity contribution < 1.29 is 9.90 Å².